The summed E-state index contributed by atoms with van der Waals surface area (Å²) in [4.78, 5) is 17.6. The fraction of sp³-hybridized carbons (Fsp3) is 0.500. The minimum absolute atomic E-state index is 0.0124. The largest absolute Gasteiger partial charge is 0.491 e. The Morgan fingerprint density at radius 2 is 1.88 bits per heavy atom. The van der Waals surface area contributed by atoms with E-state index in [1.54, 1.807) is 7.11 Å². The van der Waals surface area contributed by atoms with E-state index in [-0.39, 0.29) is 18.1 Å². The number of hydrogen-bond donors (Lipinski definition) is 0. The lowest BCUT2D eigenvalue weighted by molar-refractivity contribution is -0.0155. The quantitative estimate of drug-likeness (QED) is 0.672. The standard InChI is InChI=1S/C26H32F2N2O3/c1-32-25-10-6-14-30-23(25)8-4-5-13-29(18-19-17-20(27)11-12-22(19)28)15-16-33-24-9-3-2-7-21(24)26(30)31/h2-3,7,9,11-12,17,23,25H,4-6,8,10,13-16,18H2,1H3/t23-,25-/m0/s1. The number of benzene rings is 2. The van der Waals surface area contributed by atoms with Gasteiger partial charge in [0.15, 0.2) is 0 Å². The lowest BCUT2D eigenvalue weighted by Gasteiger charge is -2.41. The average Bonchev–Trinajstić information content (AvgIpc) is 2.84. The van der Waals surface area contributed by atoms with Gasteiger partial charge < -0.3 is 14.4 Å². The highest BCUT2D eigenvalue weighted by molar-refractivity contribution is 5.97. The molecule has 0 spiro atoms. The van der Waals surface area contributed by atoms with Gasteiger partial charge in [-0.3, -0.25) is 9.69 Å². The second-order valence-corrected chi connectivity index (χ2v) is 8.83. The van der Waals surface area contributed by atoms with Crippen LogP contribution in [0.1, 0.15) is 48.0 Å². The molecule has 0 bridgehead atoms. The van der Waals surface area contributed by atoms with Crippen molar-refractivity contribution in [2.24, 2.45) is 0 Å². The van der Waals surface area contributed by atoms with Crippen molar-refractivity contribution >= 4 is 5.91 Å². The molecule has 0 N–H and O–H groups in total. The second-order valence-electron chi connectivity index (χ2n) is 8.83. The molecule has 0 unspecified atom stereocenters. The number of hydrogen-bond acceptors (Lipinski definition) is 4. The highest BCUT2D eigenvalue weighted by atomic mass is 19.1. The van der Waals surface area contributed by atoms with E-state index < -0.39 is 11.6 Å². The molecule has 4 rings (SSSR count). The SMILES string of the molecule is CO[C@H]1CCCN2C(=O)c3ccccc3OCCN(Cc3cc(F)ccc3F)CCCC[C@@H]12. The Morgan fingerprint density at radius 3 is 2.73 bits per heavy atom. The predicted molar refractivity (Wildman–Crippen MR) is 122 cm³/mol. The number of carbonyl (C=O) groups is 1. The molecule has 1 amide bonds. The third kappa shape index (κ3) is 5.71. The van der Waals surface area contributed by atoms with Crippen LogP contribution in [-0.4, -0.2) is 61.2 Å². The molecule has 2 aliphatic rings. The Hall–Kier alpha value is -2.51. The highest BCUT2D eigenvalue weighted by Crippen LogP contribution is 2.29. The van der Waals surface area contributed by atoms with Crippen LogP contribution in [0.4, 0.5) is 8.78 Å². The van der Waals surface area contributed by atoms with Crippen molar-refractivity contribution in [3.8, 4) is 5.75 Å². The van der Waals surface area contributed by atoms with Gasteiger partial charge in [0.1, 0.15) is 24.0 Å². The number of para-hydroxylation sites is 1. The molecule has 1 fully saturated rings. The molecule has 0 aromatic heterocycles. The summed E-state index contributed by atoms with van der Waals surface area (Å²) in [5.41, 5.74) is 0.897. The Bertz CT molecular complexity index is 955. The monoisotopic (exact) mass is 458 g/mol. The minimum atomic E-state index is -0.441. The van der Waals surface area contributed by atoms with E-state index in [1.165, 1.54) is 12.1 Å². The molecule has 0 aliphatic carbocycles. The van der Waals surface area contributed by atoms with Crippen LogP contribution in [0, 0.1) is 11.6 Å². The number of ether oxygens (including phenoxy) is 2. The molecule has 0 radical (unpaired) electrons. The zero-order valence-electron chi connectivity index (χ0n) is 19.1. The van der Waals surface area contributed by atoms with Gasteiger partial charge in [0.25, 0.3) is 5.91 Å². The Kier molecular flexibility index (Phi) is 7.93. The fourth-order valence-electron chi connectivity index (χ4n) is 4.96. The predicted octanol–water partition coefficient (Wildman–Crippen LogP) is 4.65. The first-order valence-electron chi connectivity index (χ1n) is 11.8. The van der Waals surface area contributed by atoms with Crippen molar-refractivity contribution in [1.82, 2.24) is 9.80 Å². The van der Waals surface area contributed by atoms with Crippen LogP contribution >= 0.6 is 0 Å². The summed E-state index contributed by atoms with van der Waals surface area (Å²) in [6.45, 7) is 2.66. The fourth-order valence-corrected chi connectivity index (χ4v) is 4.96. The third-order valence-electron chi connectivity index (χ3n) is 6.69. The molecule has 2 aromatic rings. The molecule has 33 heavy (non-hydrogen) atoms. The molecule has 2 aromatic carbocycles. The summed E-state index contributed by atoms with van der Waals surface area (Å²) in [6.07, 6.45) is 4.51. The molecular formula is C26H32F2N2O3. The van der Waals surface area contributed by atoms with Crippen LogP contribution in [0.5, 0.6) is 5.75 Å². The van der Waals surface area contributed by atoms with Crippen molar-refractivity contribution < 1.29 is 23.0 Å². The smallest absolute Gasteiger partial charge is 0.257 e. The normalized spacial score (nSPS) is 22.9. The number of fused-ring (bicyclic) bond motifs is 2. The van der Waals surface area contributed by atoms with Gasteiger partial charge in [0.2, 0.25) is 0 Å². The van der Waals surface area contributed by atoms with Crippen molar-refractivity contribution in [1.29, 1.82) is 0 Å². The third-order valence-corrected chi connectivity index (χ3v) is 6.69. The first kappa shape index (κ1) is 23.6. The summed E-state index contributed by atoms with van der Waals surface area (Å²) >= 11 is 0. The van der Waals surface area contributed by atoms with Crippen LogP contribution in [0.25, 0.3) is 0 Å². The van der Waals surface area contributed by atoms with Gasteiger partial charge in [-0.05, 0) is 62.6 Å². The van der Waals surface area contributed by atoms with Gasteiger partial charge in [-0.25, -0.2) is 8.78 Å². The molecule has 5 nitrogen and oxygen atoms in total. The molecule has 178 valence electrons. The molecular weight excluding hydrogens is 426 g/mol. The van der Waals surface area contributed by atoms with Gasteiger partial charge in [0.05, 0.1) is 17.7 Å². The van der Waals surface area contributed by atoms with Gasteiger partial charge in [-0.15, -0.1) is 0 Å². The van der Waals surface area contributed by atoms with Crippen molar-refractivity contribution in [3.05, 3.63) is 65.2 Å². The minimum Gasteiger partial charge on any atom is -0.491 e. The van der Waals surface area contributed by atoms with E-state index in [0.29, 0.717) is 43.1 Å². The maximum atomic E-state index is 14.3. The second kappa shape index (κ2) is 11.1. The van der Waals surface area contributed by atoms with Gasteiger partial charge in [-0.2, -0.15) is 0 Å². The summed E-state index contributed by atoms with van der Waals surface area (Å²) in [5, 5.41) is 0. The average molecular weight is 459 g/mol. The molecule has 0 saturated carbocycles. The zero-order valence-corrected chi connectivity index (χ0v) is 19.1. The summed E-state index contributed by atoms with van der Waals surface area (Å²) in [5.74, 6) is -0.312. The number of nitrogens with zero attached hydrogens (tertiary/aromatic N) is 2. The number of methoxy groups -OCH3 is 1. The van der Waals surface area contributed by atoms with Crippen LogP contribution in [0.3, 0.4) is 0 Å². The Balaban J connectivity index is 1.57. The van der Waals surface area contributed by atoms with E-state index in [4.69, 9.17) is 9.47 Å². The van der Waals surface area contributed by atoms with E-state index in [2.05, 4.69) is 4.90 Å². The lowest BCUT2D eigenvalue weighted by Crippen LogP contribution is -2.51. The Labute approximate surface area is 194 Å². The number of rotatable bonds is 3. The van der Waals surface area contributed by atoms with E-state index >= 15 is 0 Å². The zero-order chi connectivity index (χ0) is 23.2. The van der Waals surface area contributed by atoms with Crippen molar-refractivity contribution in [3.63, 3.8) is 0 Å². The van der Waals surface area contributed by atoms with Crippen LogP contribution in [0.15, 0.2) is 42.5 Å². The molecule has 7 heteroatoms. The topological polar surface area (TPSA) is 42.0 Å². The molecule has 2 heterocycles. The first-order valence-corrected chi connectivity index (χ1v) is 11.8. The summed E-state index contributed by atoms with van der Waals surface area (Å²) in [7, 11) is 1.71. The maximum absolute atomic E-state index is 14.3. The molecule has 2 atom stereocenters. The lowest BCUT2D eigenvalue weighted by atomic mass is 9.93. The number of halogens is 2. The molecule has 2 aliphatic heterocycles. The number of carbonyl (C=O) groups excluding carboxylic acids is 1. The molecule has 1 saturated heterocycles. The van der Waals surface area contributed by atoms with Crippen molar-refractivity contribution in [2.75, 3.05) is 33.4 Å². The Morgan fingerprint density at radius 1 is 1.03 bits per heavy atom. The van der Waals surface area contributed by atoms with Crippen molar-refractivity contribution in [2.45, 2.75) is 50.8 Å². The van der Waals surface area contributed by atoms with E-state index in [1.807, 2.05) is 29.2 Å². The number of amides is 1. The van der Waals surface area contributed by atoms with Gasteiger partial charge in [0, 0.05) is 32.3 Å². The summed E-state index contributed by atoms with van der Waals surface area (Å²) in [6, 6.07) is 10.9. The van der Waals surface area contributed by atoms with Crippen LogP contribution < -0.4 is 4.74 Å². The maximum Gasteiger partial charge on any atom is 0.257 e. The van der Waals surface area contributed by atoms with E-state index in [9.17, 15) is 13.6 Å². The van der Waals surface area contributed by atoms with Gasteiger partial charge >= 0.3 is 0 Å². The van der Waals surface area contributed by atoms with Crippen LogP contribution in [0.2, 0.25) is 0 Å². The first-order chi connectivity index (χ1) is 16.1. The van der Waals surface area contributed by atoms with Crippen LogP contribution in [-0.2, 0) is 11.3 Å². The number of piperidine rings is 1. The van der Waals surface area contributed by atoms with Gasteiger partial charge in [-0.1, -0.05) is 18.6 Å². The summed E-state index contributed by atoms with van der Waals surface area (Å²) < 4.78 is 39.7. The van der Waals surface area contributed by atoms with E-state index in [0.717, 1.165) is 44.7 Å². The highest BCUT2D eigenvalue weighted by Gasteiger charge is 2.35.